The number of pyridine rings is 1. The maximum Gasteiger partial charge on any atom is 0.355 e. The fourth-order valence-corrected chi connectivity index (χ4v) is 2.68. The molecule has 1 atom stereocenters. The van der Waals surface area contributed by atoms with E-state index in [0.29, 0.717) is 16.8 Å². The van der Waals surface area contributed by atoms with Crippen molar-refractivity contribution in [2.24, 2.45) is 0 Å². The van der Waals surface area contributed by atoms with Crippen molar-refractivity contribution in [2.45, 2.75) is 13.0 Å². The zero-order chi connectivity index (χ0) is 18.8. The smallest absolute Gasteiger partial charge is 0.355 e. The van der Waals surface area contributed by atoms with Crippen LogP contribution in [0.1, 0.15) is 29.4 Å². The van der Waals surface area contributed by atoms with Crippen LogP contribution in [0.5, 0.6) is 0 Å². The van der Waals surface area contributed by atoms with Crippen molar-refractivity contribution >= 4 is 16.9 Å². The number of nitrogens with zero attached hydrogens (tertiary/aromatic N) is 2. The number of hydrogen-bond acceptors (Lipinski definition) is 6. The van der Waals surface area contributed by atoms with Gasteiger partial charge in [0.2, 0.25) is 5.89 Å². The Balaban J connectivity index is 1.55. The summed E-state index contributed by atoms with van der Waals surface area (Å²) in [5.74, 6) is -0.164. The summed E-state index contributed by atoms with van der Waals surface area (Å²) in [6, 6.07) is 17.5. The molecule has 0 aliphatic heterocycles. The van der Waals surface area contributed by atoms with Crippen LogP contribution < -0.4 is 5.43 Å². The lowest BCUT2D eigenvalue weighted by atomic mass is 10.2. The summed E-state index contributed by atoms with van der Waals surface area (Å²) in [5, 5.41) is 8.42. The standard InChI is InChI=1S/C20H15N3O4/c1-12(18-22-23-19(27-18)13-7-3-2-4-8-13)26-20(25)16-11-17(24)14-9-5-6-10-15(14)21-16/h2-12H,1H3,(H,21,24)/t12-/m0/s1. The number of aromatic nitrogens is 3. The number of benzene rings is 2. The number of nitrogens with one attached hydrogen (secondary N) is 1. The molecule has 2 heterocycles. The molecule has 134 valence electrons. The fourth-order valence-electron chi connectivity index (χ4n) is 2.68. The van der Waals surface area contributed by atoms with Crippen LogP contribution in [-0.2, 0) is 4.74 Å². The van der Waals surface area contributed by atoms with E-state index in [1.54, 1.807) is 31.2 Å². The second-order valence-corrected chi connectivity index (χ2v) is 5.95. The lowest BCUT2D eigenvalue weighted by Gasteiger charge is -2.09. The highest BCUT2D eigenvalue weighted by Gasteiger charge is 2.21. The van der Waals surface area contributed by atoms with Gasteiger partial charge in [0.15, 0.2) is 11.5 Å². The normalized spacial score (nSPS) is 12.0. The number of para-hydroxylation sites is 1. The number of ether oxygens (including phenoxy) is 1. The number of carbonyl (C=O) groups excluding carboxylic acids is 1. The number of rotatable bonds is 4. The maximum atomic E-state index is 12.4. The maximum absolute atomic E-state index is 12.4. The Morgan fingerprint density at radius 1 is 1.07 bits per heavy atom. The van der Waals surface area contributed by atoms with Crippen LogP contribution in [-0.4, -0.2) is 21.2 Å². The second-order valence-electron chi connectivity index (χ2n) is 5.95. The van der Waals surface area contributed by atoms with Crippen LogP contribution in [0.3, 0.4) is 0 Å². The molecule has 0 unspecified atom stereocenters. The molecule has 0 bridgehead atoms. The second kappa shape index (κ2) is 6.87. The first-order valence-corrected chi connectivity index (χ1v) is 8.33. The molecule has 2 aromatic carbocycles. The van der Waals surface area contributed by atoms with Gasteiger partial charge < -0.3 is 14.1 Å². The van der Waals surface area contributed by atoms with Gasteiger partial charge >= 0.3 is 5.97 Å². The highest BCUT2D eigenvalue weighted by molar-refractivity contribution is 5.91. The molecule has 27 heavy (non-hydrogen) atoms. The Labute approximate surface area is 153 Å². The lowest BCUT2D eigenvalue weighted by Crippen LogP contribution is -2.14. The van der Waals surface area contributed by atoms with Crippen molar-refractivity contribution in [3.05, 3.63) is 82.5 Å². The van der Waals surface area contributed by atoms with Crippen LogP contribution in [0, 0.1) is 0 Å². The quantitative estimate of drug-likeness (QED) is 0.559. The van der Waals surface area contributed by atoms with Gasteiger partial charge in [0.05, 0.1) is 0 Å². The highest BCUT2D eigenvalue weighted by atomic mass is 16.6. The molecule has 7 heteroatoms. The van der Waals surface area contributed by atoms with Gasteiger partial charge in [-0.1, -0.05) is 30.3 Å². The van der Waals surface area contributed by atoms with Crippen molar-refractivity contribution < 1.29 is 13.9 Å². The molecule has 7 nitrogen and oxygen atoms in total. The lowest BCUT2D eigenvalue weighted by molar-refractivity contribution is 0.0273. The third-order valence-corrected chi connectivity index (χ3v) is 4.05. The monoisotopic (exact) mass is 361 g/mol. The summed E-state index contributed by atoms with van der Waals surface area (Å²) in [6.07, 6.45) is -0.766. The molecular weight excluding hydrogens is 346 g/mol. The van der Waals surface area contributed by atoms with Crippen molar-refractivity contribution in [3.8, 4) is 11.5 Å². The molecule has 0 fully saturated rings. The summed E-state index contributed by atoms with van der Waals surface area (Å²) in [4.78, 5) is 27.5. The van der Waals surface area contributed by atoms with E-state index in [1.807, 2.05) is 30.3 Å². The van der Waals surface area contributed by atoms with Gasteiger partial charge in [0, 0.05) is 22.5 Å². The van der Waals surface area contributed by atoms with E-state index in [9.17, 15) is 9.59 Å². The van der Waals surface area contributed by atoms with Crippen molar-refractivity contribution in [1.82, 2.24) is 15.2 Å². The summed E-state index contributed by atoms with van der Waals surface area (Å²) >= 11 is 0. The number of fused-ring (bicyclic) bond motifs is 1. The summed E-state index contributed by atoms with van der Waals surface area (Å²) in [6.45, 7) is 1.62. The average molecular weight is 361 g/mol. The molecule has 0 saturated heterocycles. The Morgan fingerprint density at radius 2 is 1.81 bits per heavy atom. The number of hydrogen-bond donors (Lipinski definition) is 1. The number of esters is 1. The molecule has 0 aliphatic carbocycles. The summed E-state index contributed by atoms with van der Waals surface area (Å²) in [5.41, 5.74) is 1.14. The zero-order valence-electron chi connectivity index (χ0n) is 14.4. The van der Waals surface area contributed by atoms with Gasteiger partial charge in [-0.15, -0.1) is 10.2 Å². The Morgan fingerprint density at radius 3 is 2.63 bits per heavy atom. The molecule has 1 N–H and O–H groups in total. The predicted molar refractivity (Wildman–Crippen MR) is 98.1 cm³/mol. The van der Waals surface area contributed by atoms with Crippen LogP contribution in [0.25, 0.3) is 22.4 Å². The molecule has 0 saturated carbocycles. The third kappa shape index (κ3) is 3.35. The van der Waals surface area contributed by atoms with E-state index in [1.165, 1.54) is 6.07 Å². The Kier molecular flexibility index (Phi) is 4.25. The first-order chi connectivity index (χ1) is 13.1. The summed E-state index contributed by atoms with van der Waals surface area (Å²) in [7, 11) is 0. The molecule has 4 rings (SSSR count). The molecule has 0 spiro atoms. The average Bonchev–Trinajstić information content (AvgIpc) is 3.19. The van der Waals surface area contributed by atoms with Crippen LogP contribution in [0.2, 0.25) is 0 Å². The first kappa shape index (κ1) is 16.7. The van der Waals surface area contributed by atoms with E-state index in [2.05, 4.69) is 15.2 Å². The van der Waals surface area contributed by atoms with E-state index in [-0.39, 0.29) is 17.0 Å². The Bertz CT molecular complexity index is 1160. The molecule has 2 aromatic heterocycles. The van der Waals surface area contributed by atoms with Crippen molar-refractivity contribution in [1.29, 1.82) is 0 Å². The fraction of sp³-hybridized carbons (Fsp3) is 0.100. The molecule has 4 aromatic rings. The minimum absolute atomic E-state index is 0.0633. The van der Waals surface area contributed by atoms with Crippen LogP contribution in [0.4, 0.5) is 0 Å². The van der Waals surface area contributed by atoms with Crippen molar-refractivity contribution in [3.63, 3.8) is 0 Å². The zero-order valence-corrected chi connectivity index (χ0v) is 14.4. The Hall–Kier alpha value is -3.74. The molecule has 0 radical (unpaired) electrons. The number of aromatic amines is 1. The van der Waals surface area contributed by atoms with Crippen LogP contribution in [0.15, 0.2) is 69.9 Å². The van der Waals surface area contributed by atoms with E-state index < -0.39 is 12.1 Å². The van der Waals surface area contributed by atoms with E-state index in [0.717, 1.165) is 5.56 Å². The van der Waals surface area contributed by atoms with E-state index in [4.69, 9.17) is 9.15 Å². The van der Waals surface area contributed by atoms with Gasteiger partial charge in [-0.2, -0.15) is 0 Å². The van der Waals surface area contributed by atoms with Gasteiger partial charge in [-0.3, -0.25) is 4.79 Å². The van der Waals surface area contributed by atoms with E-state index >= 15 is 0 Å². The van der Waals surface area contributed by atoms with Gasteiger partial charge in [0.1, 0.15) is 5.69 Å². The predicted octanol–water partition coefficient (Wildman–Crippen LogP) is 3.50. The first-order valence-electron chi connectivity index (χ1n) is 8.33. The van der Waals surface area contributed by atoms with Crippen molar-refractivity contribution in [2.75, 3.05) is 0 Å². The third-order valence-electron chi connectivity index (χ3n) is 4.05. The topological polar surface area (TPSA) is 98.1 Å². The number of carbonyl (C=O) groups is 1. The minimum Gasteiger partial charge on any atom is -0.448 e. The SMILES string of the molecule is C[C@H](OC(=O)c1cc(=O)c2ccccc2[nH]1)c1nnc(-c2ccccc2)o1. The van der Waals surface area contributed by atoms with Gasteiger partial charge in [0.25, 0.3) is 5.89 Å². The summed E-state index contributed by atoms with van der Waals surface area (Å²) < 4.78 is 11.0. The molecular formula is C20H15N3O4. The van der Waals surface area contributed by atoms with Gasteiger partial charge in [-0.25, -0.2) is 4.79 Å². The molecule has 0 amide bonds. The number of H-pyrrole nitrogens is 1. The molecule has 0 aliphatic rings. The largest absolute Gasteiger partial charge is 0.448 e. The van der Waals surface area contributed by atoms with Gasteiger partial charge in [-0.05, 0) is 31.2 Å². The minimum atomic E-state index is -0.766. The van der Waals surface area contributed by atoms with Crippen LogP contribution >= 0.6 is 0 Å². The highest BCUT2D eigenvalue weighted by Crippen LogP contribution is 2.22.